The summed E-state index contributed by atoms with van der Waals surface area (Å²) in [6, 6.07) is 1.82. The highest BCUT2D eigenvalue weighted by Crippen LogP contribution is 2.21. The molecule has 0 spiro atoms. The van der Waals surface area contributed by atoms with Gasteiger partial charge in [-0.15, -0.1) is 23.7 Å². The van der Waals surface area contributed by atoms with Crippen LogP contribution in [-0.2, 0) is 6.54 Å². The molecule has 8 heteroatoms. The Kier molecular flexibility index (Phi) is 6.88. The van der Waals surface area contributed by atoms with Gasteiger partial charge in [0, 0.05) is 13.1 Å². The van der Waals surface area contributed by atoms with Gasteiger partial charge in [-0.25, -0.2) is 0 Å². The molecule has 0 saturated carbocycles. The molecule has 0 bridgehead atoms. The highest BCUT2D eigenvalue weighted by atomic mass is 79.9. The number of rotatable bonds is 4. The van der Waals surface area contributed by atoms with Crippen LogP contribution in [0.3, 0.4) is 0 Å². The Hall–Kier alpha value is 0.180. The minimum Gasteiger partial charge on any atom is -0.382 e. The van der Waals surface area contributed by atoms with Crippen molar-refractivity contribution >= 4 is 39.7 Å². The summed E-state index contributed by atoms with van der Waals surface area (Å²) >= 11 is 4.71. The maximum absolute atomic E-state index is 11.9. The summed E-state index contributed by atoms with van der Waals surface area (Å²) in [6.07, 6.45) is -6.86. The Labute approximate surface area is 109 Å². The van der Waals surface area contributed by atoms with Crippen molar-refractivity contribution in [2.45, 2.75) is 18.8 Å². The zero-order valence-electron chi connectivity index (χ0n) is 7.92. The number of halogens is 5. The third-order valence-electron chi connectivity index (χ3n) is 1.67. The van der Waals surface area contributed by atoms with Gasteiger partial charge in [-0.2, -0.15) is 13.2 Å². The van der Waals surface area contributed by atoms with Crippen LogP contribution in [0, 0.1) is 0 Å². The van der Waals surface area contributed by atoms with E-state index in [4.69, 9.17) is 5.11 Å². The lowest BCUT2D eigenvalue weighted by Gasteiger charge is -2.14. The Balaban J connectivity index is 0.00000225. The van der Waals surface area contributed by atoms with Crippen LogP contribution in [0.4, 0.5) is 13.2 Å². The predicted octanol–water partition coefficient (Wildman–Crippen LogP) is 2.95. The van der Waals surface area contributed by atoms with E-state index in [1.807, 2.05) is 11.4 Å². The zero-order valence-corrected chi connectivity index (χ0v) is 11.1. The summed E-state index contributed by atoms with van der Waals surface area (Å²) in [7, 11) is 0. The number of hydrogen-bond donors (Lipinski definition) is 2. The summed E-state index contributed by atoms with van der Waals surface area (Å²) in [5.74, 6) is 0. The van der Waals surface area contributed by atoms with Crippen LogP contribution < -0.4 is 5.32 Å². The molecule has 0 amide bonds. The fourth-order valence-corrected chi connectivity index (χ4v) is 2.12. The maximum atomic E-state index is 11.9. The standard InChI is InChI=1S/C8H9BrF3NOS.ClH/c9-7-1-5(4-15-7)2-13-3-6(14)8(10,11)12;/h1,4,6,13-14H,2-3H2;1H. The van der Waals surface area contributed by atoms with Crippen LogP contribution in [0.1, 0.15) is 5.56 Å². The van der Waals surface area contributed by atoms with Crippen molar-refractivity contribution in [1.29, 1.82) is 0 Å². The van der Waals surface area contributed by atoms with E-state index >= 15 is 0 Å². The van der Waals surface area contributed by atoms with Crippen LogP contribution in [-0.4, -0.2) is 23.9 Å². The summed E-state index contributed by atoms with van der Waals surface area (Å²) < 4.78 is 36.6. The van der Waals surface area contributed by atoms with Gasteiger partial charge < -0.3 is 10.4 Å². The van der Waals surface area contributed by atoms with Crippen LogP contribution in [0.25, 0.3) is 0 Å². The molecule has 0 saturated heterocycles. The minimum absolute atomic E-state index is 0. The molecule has 1 aromatic heterocycles. The molecular weight excluding hydrogens is 331 g/mol. The van der Waals surface area contributed by atoms with Gasteiger partial charge in [0.15, 0.2) is 6.10 Å². The smallest absolute Gasteiger partial charge is 0.382 e. The molecule has 94 valence electrons. The summed E-state index contributed by atoms with van der Waals surface area (Å²) in [5.41, 5.74) is 0.890. The quantitative estimate of drug-likeness (QED) is 0.883. The predicted molar refractivity (Wildman–Crippen MR) is 63.0 cm³/mol. The Bertz CT molecular complexity index is 320. The second-order valence-electron chi connectivity index (χ2n) is 2.95. The number of aliphatic hydroxyl groups excluding tert-OH is 1. The molecule has 1 atom stereocenters. The largest absolute Gasteiger partial charge is 0.415 e. The van der Waals surface area contributed by atoms with Crippen molar-refractivity contribution in [3.63, 3.8) is 0 Å². The Morgan fingerprint density at radius 3 is 2.56 bits per heavy atom. The number of alkyl halides is 3. The van der Waals surface area contributed by atoms with E-state index < -0.39 is 18.8 Å². The summed E-state index contributed by atoms with van der Waals surface area (Å²) in [5, 5.41) is 13.0. The van der Waals surface area contributed by atoms with Crippen molar-refractivity contribution in [2.24, 2.45) is 0 Å². The first-order chi connectivity index (χ1) is 6.89. The molecule has 0 fully saturated rings. The van der Waals surface area contributed by atoms with Gasteiger partial charge in [0.25, 0.3) is 0 Å². The average Bonchev–Trinajstić information content (AvgIpc) is 2.49. The monoisotopic (exact) mass is 339 g/mol. The molecule has 16 heavy (non-hydrogen) atoms. The molecule has 1 heterocycles. The fraction of sp³-hybridized carbons (Fsp3) is 0.500. The van der Waals surface area contributed by atoms with E-state index in [9.17, 15) is 13.2 Å². The Morgan fingerprint density at radius 2 is 2.12 bits per heavy atom. The highest BCUT2D eigenvalue weighted by molar-refractivity contribution is 9.11. The highest BCUT2D eigenvalue weighted by Gasteiger charge is 2.37. The molecule has 0 aliphatic carbocycles. The fourth-order valence-electron chi connectivity index (χ4n) is 0.907. The molecule has 1 rings (SSSR count). The van der Waals surface area contributed by atoms with E-state index in [1.165, 1.54) is 11.3 Å². The van der Waals surface area contributed by atoms with Gasteiger partial charge in [-0.1, -0.05) is 0 Å². The molecule has 0 aliphatic heterocycles. The number of hydrogen-bond acceptors (Lipinski definition) is 3. The van der Waals surface area contributed by atoms with Crippen molar-refractivity contribution in [1.82, 2.24) is 5.32 Å². The zero-order chi connectivity index (χ0) is 11.5. The van der Waals surface area contributed by atoms with E-state index in [0.717, 1.165) is 9.35 Å². The summed E-state index contributed by atoms with van der Waals surface area (Å²) in [6.45, 7) is -0.174. The SMILES string of the molecule is Cl.OC(CNCc1csc(Br)c1)C(F)(F)F. The van der Waals surface area contributed by atoms with Gasteiger partial charge in [-0.3, -0.25) is 0 Å². The first kappa shape index (κ1) is 16.2. The first-order valence-corrected chi connectivity index (χ1v) is 5.75. The Morgan fingerprint density at radius 1 is 1.50 bits per heavy atom. The van der Waals surface area contributed by atoms with Crippen molar-refractivity contribution < 1.29 is 18.3 Å². The van der Waals surface area contributed by atoms with E-state index in [2.05, 4.69) is 21.2 Å². The van der Waals surface area contributed by atoms with Crippen molar-refractivity contribution in [2.75, 3.05) is 6.54 Å². The first-order valence-electron chi connectivity index (χ1n) is 4.08. The van der Waals surface area contributed by atoms with Crippen molar-refractivity contribution in [3.05, 3.63) is 20.8 Å². The second kappa shape index (κ2) is 6.80. The van der Waals surface area contributed by atoms with Crippen LogP contribution >= 0.6 is 39.7 Å². The molecule has 2 nitrogen and oxygen atoms in total. The third kappa shape index (κ3) is 5.49. The molecular formula is C8H10BrClF3NOS. The van der Waals surface area contributed by atoms with Gasteiger partial charge in [0.2, 0.25) is 0 Å². The maximum Gasteiger partial charge on any atom is 0.415 e. The van der Waals surface area contributed by atoms with E-state index in [-0.39, 0.29) is 12.4 Å². The van der Waals surface area contributed by atoms with Crippen LogP contribution in [0.2, 0.25) is 0 Å². The molecule has 1 unspecified atom stereocenters. The molecule has 0 aliphatic rings. The minimum atomic E-state index is -4.55. The number of thiophene rings is 1. The molecule has 2 N–H and O–H groups in total. The molecule has 0 aromatic carbocycles. The number of nitrogens with one attached hydrogen (secondary N) is 1. The topological polar surface area (TPSA) is 32.3 Å². The van der Waals surface area contributed by atoms with Gasteiger partial charge in [0.1, 0.15) is 0 Å². The van der Waals surface area contributed by atoms with Crippen LogP contribution in [0.5, 0.6) is 0 Å². The van der Waals surface area contributed by atoms with Crippen molar-refractivity contribution in [3.8, 4) is 0 Å². The lowest BCUT2D eigenvalue weighted by atomic mass is 10.3. The lowest BCUT2D eigenvalue weighted by Crippen LogP contribution is -2.38. The van der Waals surface area contributed by atoms with E-state index in [0.29, 0.717) is 6.54 Å². The summed E-state index contributed by atoms with van der Waals surface area (Å²) in [4.78, 5) is 0. The normalized spacial score (nSPS) is 13.3. The lowest BCUT2D eigenvalue weighted by molar-refractivity contribution is -0.201. The number of aliphatic hydroxyl groups is 1. The molecule has 0 radical (unpaired) electrons. The van der Waals surface area contributed by atoms with Gasteiger partial charge in [0.05, 0.1) is 3.79 Å². The van der Waals surface area contributed by atoms with Crippen LogP contribution in [0.15, 0.2) is 15.2 Å². The van der Waals surface area contributed by atoms with Gasteiger partial charge in [-0.05, 0) is 32.9 Å². The third-order valence-corrected chi connectivity index (χ3v) is 3.22. The van der Waals surface area contributed by atoms with E-state index in [1.54, 1.807) is 0 Å². The second-order valence-corrected chi connectivity index (χ2v) is 5.24. The molecule has 1 aromatic rings. The average molecular weight is 341 g/mol. The van der Waals surface area contributed by atoms with Gasteiger partial charge >= 0.3 is 6.18 Å².